The number of ketones is 2. The fourth-order valence-corrected chi connectivity index (χ4v) is 12.4. The van der Waals surface area contributed by atoms with Gasteiger partial charge in [-0.05, 0) is 90.7 Å². The van der Waals surface area contributed by atoms with E-state index in [0.29, 0.717) is 37.9 Å². The molecule has 1 heterocycles. The second-order valence-electron chi connectivity index (χ2n) is 19.1. The molecule has 4 aliphatic carbocycles. The van der Waals surface area contributed by atoms with Crippen LogP contribution in [-0.4, -0.2) is 112 Å². The number of aliphatic carboxylic acids is 1. The molecule has 17 nitrogen and oxygen atoms in total. The van der Waals surface area contributed by atoms with Crippen LogP contribution in [0.15, 0.2) is 48.5 Å². The topological polar surface area (TPSA) is 256 Å². The SMILES string of the molecule is C[C@]12CCC(=O)CC1CC[C@@H]1[C@@H]2C(O)C[C@@]2(C)[C@H]1CC1OC(c3ccc(Cc4cccc(COCNC(=O)CNC(=O)[C@H](CCC(=O)O)NC(=O)CNC(=O)CBr)c4)cc3)O[C@]12C(=O)CO. The molecule has 4 amide bonds. The molecular weight excluding hydrogens is 920 g/mol. The number of amides is 4. The number of hydrogen-bond donors (Lipinski definition) is 7. The number of halogens is 1. The van der Waals surface area contributed by atoms with Gasteiger partial charge in [-0.25, -0.2) is 0 Å². The number of hydrogen-bond acceptors (Lipinski definition) is 12. The van der Waals surface area contributed by atoms with E-state index >= 15 is 0 Å². The molecule has 5 aliphatic rings. The molecule has 1 saturated heterocycles. The predicted octanol–water partition coefficient (Wildman–Crippen LogP) is 2.75. The molecule has 2 aromatic carbocycles. The van der Waals surface area contributed by atoms with Gasteiger partial charge in [0.05, 0.1) is 37.2 Å². The molecule has 0 aromatic heterocycles. The van der Waals surface area contributed by atoms with Crippen LogP contribution in [0.3, 0.4) is 0 Å². The van der Waals surface area contributed by atoms with Gasteiger partial charge >= 0.3 is 5.97 Å². The molecule has 5 fully saturated rings. The van der Waals surface area contributed by atoms with E-state index in [4.69, 9.17) is 19.3 Å². The first-order valence-electron chi connectivity index (χ1n) is 22.8. The quantitative estimate of drug-likeness (QED) is 0.0608. The third-order valence-electron chi connectivity index (χ3n) is 15.3. The summed E-state index contributed by atoms with van der Waals surface area (Å²) in [5.74, 6) is -3.27. The number of rotatable bonds is 19. The Hall–Kier alpha value is -4.59. The zero-order valence-corrected chi connectivity index (χ0v) is 38.9. The molecule has 7 N–H and O–H groups in total. The fraction of sp³-hybridized carbons (Fsp3) is 0.604. The Balaban J connectivity index is 0.896. The van der Waals surface area contributed by atoms with E-state index in [2.05, 4.69) is 44.1 Å². The summed E-state index contributed by atoms with van der Waals surface area (Å²) < 4.78 is 19.1. The van der Waals surface area contributed by atoms with Crippen molar-refractivity contribution in [3.05, 3.63) is 70.8 Å². The molecule has 66 heavy (non-hydrogen) atoms. The number of fused-ring (bicyclic) bond motifs is 7. The summed E-state index contributed by atoms with van der Waals surface area (Å²) >= 11 is 2.96. The Labute approximate surface area is 392 Å². The van der Waals surface area contributed by atoms with Crippen LogP contribution < -0.4 is 21.3 Å². The van der Waals surface area contributed by atoms with Gasteiger partial charge < -0.3 is 50.8 Å². The van der Waals surface area contributed by atoms with Crippen molar-refractivity contribution in [2.45, 2.75) is 115 Å². The minimum absolute atomic E-state index is 0.0240. The molecule has 4 saturated carbocycles. The highest BCUT2D eigenvalue weighted by atomic mass is 79.9. The number of aliphatic hydroxyl groups is 2. The molecule has 1 aliphatic heterocycles. The first kappa shape index (κ1) is 49.3. The summed E-state index contributed by atoms with van der Waals surface area (Å²) in [5.41, 5.74) is 1.31. The van der Waals surface area contributed by atoms with E-state index in [1.165, 1.54) is 0 Å². The number of nitrogens with one attached hydrogen (secondary N) is 4. The van der Waals surface area contributed by atoms with Crippen LogP contribution in [0.5, 0.6) is 0 Å². The van der Waals surface area contributed by atoms with E-state index in [0.717, 1.165) is 41.5 Å². The largest absolute Gasteiger partial charge is 0.481 e. The molecule has 4 unspecified atom stereocenters. The highest BCUT2D eigenvalue weighted by molar-refractivity contribution is 9.09. The Morgan fingerprint density at radius 1 is 0.939 bits per heavy atom. The van der Waals surface area contributed by atoms with Gasteiger partial charge in [-0.3, -0.25) is 33.6 Å². The number of alkyl halides is 1. The van der Waals surface area contributed by atoms with E-state index in [1.807, 2.05) is 55.5 Å². The van der Waals surface area contributed by atoms with Gasteiger partial charge in [0.15, 0.2) is 17.7 Å². The van der Waals surface area contributed by atoms with Gasteiger partial charge in [0.2, 0.25) is 23.6 Å². The van der Waals surface area contributed by atoms with Gasteiger partial charge in [-0.1, -0.05) is 78.3 Å². The number of carbonyl (C=O) groups is 7. The molecule has 18 heteroatoms. The van der Waals surface area contributed by atoms with Crippen molar-refractivity contribution in [3.8, 4) is 0 Å². The monoisotopic (exact) mass is 980 g/mol. The lowest BCUT2D eigenvalue weighted by Gasteiger charge is -2.62. The first-order valence-corrected chi connectivity index (χ1v) is 23.9. The van der Waals surface area contributed by atoms with Crippen molar-refractivity contribution in [3.63, 3.8) is 0 Å². The van der Waals surface area contributed by atoms with Gasteiger partial charge in [0, 0.05) is 30.2 Å². The molecule has 358 valence electrons. The number of ether oxygens (including phenoxy) is 3. The van der Waals surface area contributed by atoms with Crippen molar-refractivity contribution in [2.24, 2.45) is 34.5 Å². The van der Waals surface area contributed by atoms with Crippen molar-refractivity contribution in [1.82, 2.24) is 21.3 Å². The normalized spacial score (nSPS) is 31.3. The zero-order chi connectivity index (χ0) is 47.4. The van der Waals surface area contributed by atoms with E-state index in [1.54, 1.807) is 0 Å². The minimum atomic E-state index is -1.41. The molecule has 7 rings (SSSR count). The van der Waals surface area contributed by atoms with Gasteiger partial charge in [0.25, 0.3) is 0 Å². The van der Waals surface area contributed by atoms with Crippen molar-refractivity contribution in [2.75, 3.05) is 31.8 Å². The maximum atomic E-state index is 14.0. The Kier molecular flexibility index (Phi) is 15.5. The number of benzene rings is 2. The second-order valence-corrected chi connectivity index (χ2v) is 19.7. The lowest BCUT2D eigenvalue weighted by Crippen LogP contribution is -2.64. The summed E-state index contributed by atoms with van der Waals surface area (Å²) in [6.07, 6.45) is 2.52. The summed E-state index contributed by atoms with van der Waals surface area (Å²) in [5, 5.41) is 41.0. The van der Waals surface area contributed by atoms with Gasteiger partial charge in [-0.2, -0.15) is 0 Å². The molecule has 0 radical (unpaired) electrons. The van der Waals surface area contributed by atoms with Crippen LogP contribution in [-0.2, 0) is 60.8 Å². The summed E-state index contributed by atoms with van der Waals surface area (Å²) in [6, 6.07) is 14.3. The van der Waals surface area contributed by atoms with E-state index in [9.17, 15) is 43.8 Å². The number of Topliss-reactive ketones (excluding diaryl/α,β-unsaturated/α-hetero) is 2. The zero-order valence-electron chi connectivity index (χ0n) is 37.4. The third-order valence-corrected chi connectivity index (χ3v) is 15.8. The molecule has 0 bridgehead atoms. The molecule has 11 atom stereocenters. The number of carbonyl (C=O) groups excluding carboxylic acids is 6. The number of carboxylic acid groups (broad SMARTS) is 1. The molecule has 2 aromatic rings. The Morgan fingerprint density at radius 2 is 1.68 bits per heavy atom. The Morgan fingerprint density at radius 3 is 2.41 bits per heavy atom. The average Bonchev–Trinajstić information content (AvgIpc) is 3.80. The molecule has 0 spiro atoms. The van der Waals surface area contributed by atoms with Crippen LogP contribution in [0.1, 0.15) is 100 Å². The predicted molar refractivity (Wildman–Crippen MR) is 239 cm³/mol. The van der Waals surface area contributed by atoms with Crippen LogP contribution in [0.25, 0.3) is 0 Å². The first-order chi connectivity index (χ1) is 31.5. The smallest absolute Gasteiger partial charge is 0.303 e. The summed E-state index contributed by atoms with van der Waals surface area (Å²) in [4.78, 5) is 86.2. The lowest BCUT2D eigenvalue weighted by atomic mass is 9.43. The summed E-state index contributed by atoms with van der Waals surface area (Å²) in [7, 11) is 0. The van der Waals surface area contributed by atoms with Crippen molar-refractivity contribution >= 4 is 57.1 Å². The van der Waals surface area contributed by atoms with Crippen LogP contribution in [0.2, 0.25) is 0 Å². The fourth-order valence-electron chi connectivity index (χ4n) is 12.2. The minimum Gasteiger partial charge on any atom is -0.481 e. The number of carboxylic acids is 1. The Bertz CT molecular complexity index is 2170. The van der Waals surface area contributed by atoms with Crippen LogP contribution in [0, 0.1) is 34.5 Å². The lowest BCUT2D eigenvalue weighted by molar-refractivity contribution is -0.216. The maximum Gasteiger partial charge on any atom is 0.303 e. The van der Waals surface area contributed by atoms with Crippen LogP contribution in [0.4, 0.5) is 0 Å². The van der Waals surface area contributed by atoms with Gasteiger partial charge in [-0.15, -0.1) is 0 Å². The highest BCUT2D eigenvalue weighted by Gasteiger charge is 2.76. The third kappa shape index (κ3) is 10.1. The van der Waals surface area contributed by atoms with E-state index in [-0.39, 0.29) is 54.2 Å². The number of aliphatic hydroxyl groups excluding tert-OH is 2. The standard InChI is InChI=1S/C48H61BrN4O13/c1-46-15-14-32(55)18-31(46)10-11-33-34-19-38-48(37(57)24-54,47(34,2)20-36(56)43(33)46)66-45(65-38)30-8-6-27(7-9-30)16-28-4-3-5-29(17-28)25-64-26-52-40(59)22-51-44(63)35(12-13-42(61)62)53-41(60)23-50-39(58)21-49/h3-9,17,31,33-36,38,43,45,54,56H,10-16,18-26H2,1-2H3,(H,50,58)(H,51,63)(H,52,59)(H,53,60)(H,61,62)/t31?,33-,34-,35-,36?,38?,43+,45?,46-,47-,48+/m0/s1. The van der Waals surface area contributed by atoms with Gasteiger partial charge in [0.1, 0.15) is 25.2 Å². The van der Waals surface area contributed by atoms with E-state index < -0.39 is 97.1 Å². The highest BCUT2D eigenvalue weighted by Crippen LogP contribution is 2.71. The summed E-state index contributed by atoms with van der Waals surface area (Å²) in [6.45, 7) is 2.77. The van der Waals surface area contributed by atoms with Crippen molar-refractivity contribution in [1.29, 1.82) is 0 Å². The molecular formula is C48H61BrN4O13. The average molecular weight is 982 g/mol. The van der Waals surface area contributed by atoms with Crippen LogP contribution >= 0.6 is 15.9 Å². The maximum absolute atomic E-state index is 14.0. The van der Waals surface area contributed by atoms with Crippen molar-refractivity contribution < 1.29 is 63.1 Å². The second kappa shape index (κ2) is 20.7.